The number of alkyl carbamates (subject to hydrolysis) is 1. The summed E-state index contributed by atoms with van der Waals surface area (Å²) in [5, 5.41) is 6.65. The van der Waals surface area contributed by atoms with Gasteiger partial charge in [-0.2, -0.15) is 0 Å². The Morgan fingerprint density at radius 3 is 1.92 bits per heavy atom. The van der Waals surface area contributed by atoms with E-state index in [0.29, 0.717) is 5.56 Å². The molecule has 0 saturated carbocycles. The van der Waals surface area contributed by atoms with Gasteiger partial charge in [-0.15, -0.1) is 0 Å². The molecule has 22 heteroatoms. The molecule has 1 aliphatic carbocycles. The Kier molecular flexibility index (Phi) is 17.2. The number of esters is 5. The molecular formula is C50H58N4O18. The van der Waals surface area contributed by atoms with Crippen molar-refractivity contribution in [2.24, 2.45) is 5.11 Å². The van der Waals surface area contributed by atoms with Gasteiger partial charge in [-0.1, -0.05) is 84.0 Å². The van der Waals surface area contributed by atoms with Gasteiger partial charge in [-0.25, -0.2) is 9.59 Å². The molecule has 0 spiro atoms. The van der Waals surface area contributed by atoms with E-state index in [0.717, 1.165) is 49.9 Å². The first kappa shape index (κ1) is 53.2. The number of hydrogen-bond acceptors (Lipinski definition) is 19. The van der Waals surface area contributed by atoms with Gasteiger partial charge >= 0.3 is 35.9 Å². The molecule has 1 amide bonds. The molecule has 1 unspecified atom stereocenters. The lowest BCUT2D eigenvalue weighted by Crippen LogP contribution is -2.67. The van der Waals surface area contributed by atoms with Crippen molar-refractivity contribution in [2.75, 3.05) is 19.8 Å². The number of rotatable bonds is 16. The Labute approximate surface area is 414 Å². The van der Waals surface area contributed by atoms with Crippen molar-refractivity contribution < 1.29 is 85.6 Å². The van der Waals surface area contributed by atoms with Crippen LogP contribution in [0.25, 0.3) is 21.6 Å². The molecular weight excluding hydrogens is 945 g/mol. The van der Waals surface area contributed by atoms with Gasteiger partial charge in [0.25, 0.3) is 0 Å². The third-order valence-electron chi connectivity index (χ3n) is 11.9. The van der Waals surface area contributed by atoms with Crippen molar-refractivity contribution >= 4 is 35.9 Å². The van der Waals surface area contributed by atoms with Gasteiger partial charge in [0.1, 0.15) is 49.3 Å². The Morgan fingerprint density at radius 2 is 1.32 bits per heavy atom. The molecule has 7 rings (SSSR count). The van der Waals surface area contributed by atoms with Gasteiger partial charge in [0.15, 0.2) is 43.2 Å². The van der Waals surface area contributed by atoms with Gasteiger partial charge in [0, 0.05) is 44.1 Å². The van der Waals surface area contributed by atoms with Crippen LogP contribution in [-0.2, 0) is 80.8 Å². The monoisotopic (exact) mass is 1000 g/mol. The van der Waals surface area contributed by atoms with Gasteiger partial charge in [-0.3, -0.25) is 19.2 Å². The average molecular weight is 1000 g/mol. The minimum atomic E-state index is -1.78. The molecule has 3 aromatic carbocycles. The van der Waals surface area contributed by atoms with Crippen molar-refractivity contribution in [2.45, 2.75) is 147 Å². The summed E-state index contributed by atoms with van der Waals surface area (Å²) in [7, 11) is 0. The van der Waals surface area contributed by atoms with Gasteiger partial charge in [0.2, 0.25) is 0 Å². The highest BCUT2D eigenvalue weighted by molar-refractivity contribution is 5.83. The van der Waals surface area contributed by atoms with Crippen LogP contribution in [0.1, 0.15) is 84.3 Å². The zero-order valence-corrected chi connectivity index (χ0v) is 40.9. The second kappa shape index (κ2) is 23.3. The first-order chi connectivity index (χ1) is 34.3. The highest BCUT2D eigenvalue weighted by Gasteiger charge is 2.58. The second-order valence-electron chi connectivity index (χ2n) is 18.4. The van der Waals surface area contributed by atoms with Crippen molar-refractivity contribution in [3.8, 4) is 11.1 Å². The number of ether oxygens (including phenoxy) is 12. The summed E-state index contributed by atoms with van der Waals surface area (Å²) >= 11 is 0. The SMILES string of the molecule is CC(=O)OC[C@H]1O[C@@H](O[C@@H]2[C@@H](N=[N+]=[N-])[C@@H](O[C@H](C)[C@H](NC(=O)OCC3c4ccccc4-c4ccccc43)C(=O)OC(C)(C)C)O[C@@H]3COC(c4ccccc4)O[C@H]23)[C@H](OC(C)=O)[C@@H](OC(C)=O)[C@H]1OC(C)=O. The lowest BCUT2D eigenvalue weighted by Gasteiger charge is -2.51. The van der Waals surface area contributed by atoms with Crippen LogP contribution in [0.5, 0.6) is 0 Å². The third-order valence-corrected chi connectivity index (χ3v) is 11.9. The topological polar surface area (TPSA) is 274 Å². The second-order valence-corrected chi connectivity index (χ2v) is 18.4. The summed E-state index contributed by atoms with van der Waals surface area (Å²) in [5.74, 6) is -4.58. The minimum absolute atomic E-state index is 0.0772. The maximum Gasteiger partial charge on any atom is 0.407 e. The molecule has 386 valence electrons. The number of fused-ring (bicyclic) bond motifs is 4. The Morgan fingerprint density at radius 1 is 0.722 bits per heavy atom. The summed E-state index contributed by atoms with van der Waals surface area (Å²) in [5.41, 5.74) is 13.7. The average Bonchev–Trinajstić information content (AvgIpc) is 3.64. The number of nitrogens with zero attached hydrogens (tertiary/aromatic N) is 3. The van der Waals surface area contributed by atoms with Crippen molar-refractivity contribution in [3.05, 3.63) is 106 Å². The van der Waals surface area contributed by atoms with Crippen LogP contribution in [0.3, 0.4) is 0 Å². The number of hydrogen-bond donors (Lipinski definition) is 1. The van der Waals surface area contributed by atoms with Crippen molar-refractivity contribution in [1.29, 1.82) is 0 Å². The Hall–Kier alpha value is -6.65. The summed E-state index contributed by atoms with van der Waals surface area (Å²) in [6.07, 6.45) is -16.8. The number of nitrogens with one attached hydrogen (secondary N) is 1. The molecule has 13 atom stereocenters. The minimum Gasteiger partial charge on any atom is -0.463 e. The quantitative estimate of drug-likeness (QED) is 0.0599. The summed E-state index contributed by atoms with van der Waals surface area (Å²) in [6.45, 7) is 9.91. The predicted molar refractivity (Wildman–Crippen MR) is 247 cm³/mol. The molecule has 0 bridgehead atoms. The van der Waals surface area contributed by atoms with E-state index in [1.807, 2.05) is 48.5 Å². The molecule has 3 aromatic rings. The lowest BCUT2D eigenvalue weighted by molar-refractivity contribution is -0.379. The Balaban J connectivity index is 1.21. The summed E-state index contributed by atoms with van der Waals surface area (Å²) < 4.78 is 72.2. The van der Waals surface area contributed by atoms with Crippen LogP contribution < -0.4 is 5.32 Å². The molecule has 3 fully saturated rings. The van der Waals surface area contributed by atoms with Gasteiger partial charge < -0.3 is 62.2 Å². The molecule has 72 heavy (non-hydrogen) atoms. The van der Waals surface area contributed by atoms with E-state index in [4.69, 9.17) is 56.8 Å². The molecule has 3 heterocycles. The standard InChI is InChI=1S/C50H58N4O18/c1-25(38(45(59)72-50(6,7)8)52-49(60)63-22-35-33-20-14-12-18-31(33)32-19-13-15-21-34(32)35)64-47-39(53-54-51)42(40-37(68-47)24-62-46(70-40)30-16-10-9-11-17-30)71-48-44(67-29(5)58)43(66-28(4)57)41(65-27(3)56)36(69-48)23-61-26(2)55/h9-21,25,35-44,46-48H,22-24H2,1-8H3,(H,52,60)/t25-,36-,37-,38+,39-,40+,41+,42-,43+,44-,46?,47+,48+/m1/s1. The largest absolute Gasteiger partial charge is 0.463 e. The van der Waals surface area contributed by atoms with Crippen LogP contribution in [0.4, 0.5) is 4.79 Å². The van der Waals surface area contributed by atoms with Crippen LogP contribution in [-0.4, -0.2) is 135 Å². The fraction of sp³-hybridized carbons (Fsp3) is 0.520. The van der Waals surface area contributed by atoms with E-state index in [1.54, 1.807) is 51.1 Å². The first-order valence-corrected chi connectivity index (χ1v) is 23.3. The number of carbonyl (C=O) groups excluding carboxylic acids is 6. The molecule has 22 nitrogen and oxygen atoms in total. The van der Waals surface area contributed by atoms with Crippen LogP contribution in [0, 0.1) is 0 Å². The molecule has 4 aliphatic rings. The molecule has 3 saturated heterocycles. The van der Waals surface area contributed by atoms with E-state index >= 15 is 0 Å². The molecule has 3 aliphatic heterocycles. The van der Waals surface area contributed by atoms with Crippen LogP contribution in [0.15, 0.2) is 84.0 Å². The zero-order chi connectivity index (χ0) is 51.9. The molecule has 0 radical (unpaired) electrons. The van der Waals surface area contributed by atoms with Crippen LogP contribution >= 0.6 is 0 Å². The van der Waals surface area contributed by atoms with E-state index in [1.165, 1.54) is 6.92 Å². The first-order valence-electron chi connectivity index (χ1n) is 23.3. The zero-order valence-electron chi connectivity index (χ0n) is 40.9. The van der Waals surface area contributed by atoms with Crippen LogP contribution in [0.2, 0.25) is 0 Å². The third kappa shape index (κ3) is 12.9. The lowest BCUT2D eigenvalue weighted by atomic mass is 9.94. The van der Waals surface area contributed by atoms with E-state index < -0.39 is 128 Å². The molecule has 0 aromatic heterocycles. The highest BCUT2D eigenvalue weighted by Crippen LogP contribution is 2.45. The number of benzene rings is 3. The maximum absolute atomic E-state index is 14.0. The van der Waals surface area contributed by atoms with Gasteiger partial charge in [-0.05, 0) is 55.5 Å². The van der Waals surface area contributed by atoms with E-state index in [9.17, 15) is 34.3 Å². The van der Waals surface area contributed by atoms with Crippen molar-refractivity contribution in [1.82, 2.24) is 5.32 Å². The fourth-order valence-electron chi connectivity index (χ4n) is 9.03. The number of carbonyl (C=O) groups is 6. The van der Waals surface area contributed by atoms with E-state index in [2.05, 4.69) is 15.3 Å². The normalized spacial score (nSPS) is 27.4. The van der Waals surface area contributed by atoms with Gasteiger partial charge in [0.05, 0.1) is 12.7 Å². The number of amides is 1. The maximum atomic E-state index is 14.0. The fourth-order valence-corrected chi connectivity index (χ4v) is 9.03. The van der Waals surface area contributed by atoms with E-state index in [-0.39, 0.29) is 19.1 Å². The summed E-state index contributed by atoms with van der Waals surface area (Å²) in [6, 6.07) is 21.3. The number of azide groups is 1. The summed E-state index contributed by atoms with van der Waals surface area (Å²) in [4.78, 5) is 80.9. The molecule has 1 N–H and O–H groups in total. The van der Waals surface area contributed by atoms with Crippen molar-refractivity contribution in [3.63, 3.8) is 0 Å². The predicted octanol–water partition coefficient (Wildman–Crippen LogP) is 5.63. The Bertz CT molecular complexity index is 2450. The highest BCUT2D eigenvalue weighted by atomic mass is 16.8. The smallest absolute Gasteiger partial charge is 0.407 e.